The van der Waals surface area contributed by atoms with E-state index in [0.29, 0.717) is 11.4 Å². The Morgan fingerprint density at radius 1 is 1.50 bits per heavy atom. The van der Waals surface area contributed by atoms with E-state index in [1.54, 1.807) is 7.05 Å². The molecule has 2 rings (SSSR count). The van der Waals surface area contributed by atoms with E-state index in [0.717, 1.165) is 12.1 Å². The van der Waals surface area contributed by atoms with Crippen LogP contribution in [-0.4, -0.2) is 18.2 Å². The van der Waals surface area contributed by atoms with Gasteiger partial charge < -0.3 is 5.73 Å². The van der Waals surface area contributed by atoms with Crippen molar-refractivity contribution in [2.24, 2.45) is 7.05 Å². The number of nitrogens with zero attached hydrogens (tertiary/aromatic N) is 2. The predicted octanol–water partition coefficient (Wildman–Crippen LogP) is 1.27. The highest BCUT2D eigenvalue weighted by atomic mass is 35.5. The molecule has 0 bridgehead atoms. The maximum Gasteiger partial charge on any atom is 0.243 e. The lowest BCUT2D eigenvalue weighted by molar-refractivity contribution is 0.557. The lowest BCUT2D eigenvalue weighted by atomic mass is 10.3. The molecule has 0 aliphatic heterocycles. The molecule has 1 heterocycles. The molecular weight excluding hydrogens is 307 g/mol. The van der Waals surface area contributed by atoms with E-state index in [2.05, 4.69) is 9.82 Å². The SMILES string of the molecule is Cn1ncc(CNS(=O)(=O)c2ccc(Cl)cc2F)c1N. The second kappa shape index (κ2) is 5.39. The zero-order valence-electron chi connectivity index (χ0n) is 10.5. The molecule has 6 nitrogen and oxygen atoms in total. The largest absolute Gasteiger partial charge is 0.384 e. The Kier molecular flexibility index (Phi) is 3.98. The lowest BCUT2D eigenvalue weighted by Gasteiger charge is -2.07. The van der Waals surface area contributed by atoms with Crippen molar-refractivity contribution in [1.82, 2.24) is 14.5 Å². The van der Waals surface area contributed by atoms with E-state index in [9.17, 15) is 12.8 Å². The summed E-state index contributed by atoms with van der Waals surface area (Å²) in [7, 11) is -2.36. The molecule has 0 saturated heterocycles. The number of benzene rings is 1. The fourth-order valence-electron chi connectivity index (χ4n) is 1.57. The summed E-state index contributed by atoms with van der Waals surface area (Å²) in [6.07, 6.45) is 1.44. The Morgan fingerprint density at radius 2 is 2.20 bits per heavy atom. The zero-order chi connectivity index (χ0) is 14.9. The molecule has 0 fully saturated rings. The fourth-order valence-corrected chi connectivity index (χ4v) is 2.79. The molecule has 9 heteroatoms. The minimum atomic E-state index is -3.99. The molecule has 2 aromatic rings. The number of rotatable bonds is 4. The Morgan fingerprint density at radius 3 is 2.75 bits per heavy atom. The summed E-state index contributed by atoms with van der Waals surface area (Å²) < 4.78 is 41.3. The number of sulfonamides is 1. The molecule has 0 spiro atoms. The quantitative estimate of drug-likeness (QED) is 0.888. The van der Waals surface area contributed by atoms with E-state index in [-0.39, 0.29) is 11.6 Å². The predicted molar refractivity (Wildman–Crippen MR) is 73.1 cm³/mol. The molecule has 0 atom stereocenters. The fraction of sp³-hybridized carbons (Fsp3) is 0.182. The van der Waals surface area contributed by atoms with Crippen LogP contribution in [0, 0.1) is 5.82 Å². The lowest BCUT2D eigenvalue weighted by Crippen LogP contribution is -2.24. The number of hydrogen-bond acceptors (Lipinski definition) is 4. The highest BCUT2D eigenvalue weighted by Crippen LogP contribution is 2.19. The van der Waals surface area contributed by atoms with Gasteiger partial charge in [-0.3, -0.25) is 4.68 Å². The minimum Gasteiger partial charge on any atom is -0.384 e. The zero-order valence-corrected chi connectivity index (χ0v) is 12.0. The van der Waals surface area contributed by atoms with Crippen molar-refractivity contribution >= 4 is 27.4 Å². The first-order valence-electron chi connectivity index (χ1n) is 5.52. The Bertz CT molecular complexity index is 745. The molecule has 20 heavy (non-hydrogen) atoms. The summed E-state index contributed by atoms with van der Waals surface area (Å²) in [4.78, 5) is -0.468. The topological polar surface area (TPSA) is 90.0 Å². The number of nitrogens with one attached hydrogen (secondary N) is 1. The van der Waals surface area contributed by atoms with Gasteiger partial charge >= 0.3 is 0 Å². The summed E-state index contributed by atoms with van der Waals surface area (Å²) in [6.45, 7) is -0.0793. The van der Waals surface area contributed by atoms with E-state index in [1.165, 1.54) is 16.9 Å². The third kappa shape index (κ3) is 2.92. The molecule has 108 valence electrons. The van der Waals surface area contributed by atoms with Crippen LogP contribution in [0.1, 0.15) is 5.56 Å². The van der Waals surface area contributed by atoms with Crippen LogP contribution < -0.4 is 10.5 Å². The molecule has 0 unspecified atom stereocenters. The summed E-state index contributed by atoms with van der Waals surface area (Å²) >= 11 is 5.58. The number of hydrogen-bond donors (Lipinski definition) is 2. The number of nitrogen functional groups attached to an aromatic ring is 1. The molecule has 0 radical (unpaired) electrons. The molecule has 0 aliphatic carbocycles. The van der Waals surface area contributed by atoms with Gasteiger partial charge in [0.1, 0.15) is 16.5 Å². The third-order valence-electron chi connectivity index (χ3n) is 2.70. The molecule has 0 amide bonds. The molecular formula is C11H12ClFN4O2S. The molecule has 0 saturated carbocycles. The Balaban J connectivity index is 2.21. The first kappa shape index (κ1) is 14.8. The monoisotopic (exact) mass is 318 g/mol. The van der Waals surface area contributed by atoms with Crippen LogP contribution in [-0.2, 0) is 23.6 Å². The number of nitrogens with two attached hydrogens (primary N) is 1. The number of aromatic nitrogens is 2. The van der Waals surface area contributed by atoms with Crippen molar-refractivity contribution in [3.05, 3.63) is 40.8 Å². The standard InChI is InChI=1S/C11H12ClFN4O2S/c1-17-11(14)7(5-15-17)6-16-20(18,19)10-3-2-8(12)4-9(10)13/h2-5,16H,6,14H2,1H3. The van der Waals surface area contributed by atoms with E-state index in [1.807, 2.05) is 0 Å². The second-order valence-corrected chi connectivity index (χ2v) is 6.25. The minimum absolute atomic E-state index is 0.0793. The molecule has 3 N–H and O–H groups in total. The van der Waals surface area contributed by atoms with Crippen LogP contribution in [0.25, 0.3) is 0 Å². The van der Waals surface area contributed by atoms with Crippen LogP contribution in [0.3, 0.4) is 0 Å². The van der Waals surface area contributed by atoms with E-state index >= 15 is 0 Å². The van der Waals surface area contributed by atoms with Gasteiger partial charge in [0.15, 0.2) is 0 Å². The average molecular weight is 319 g/mol. The maximum atomic E-state index is 13.6. The van der Waals surface area contributed by atoms with Crippen molar-refractivity contribution in [1.29, 1.82) is 0 Å². The summed E-state index contributed by atoms with van der Waals surface area (Å²) in [5, 5.41) is 4.01. The van der Waals surface area contributed by atoms with Gasteiger partial charge in [-0.2, -0.15) is 5.10 Å². The number of aryl methyl sites for hydroxylation is 1. The third-order valence-corrected chi connectivity index (χ3v) is 4.37. The van der Waals surface area contributed by atoms with Crippen molar-refractivity contribution < 1.29 is 12.8 Å². The van der Waals surface area contributed by atoms with Gasteiger partial charge in [0.25, 0.3) is 0 Å². The van der Waals surface area contributed by atoms with Gasteiger partial charge in [-0.05, 0) is 18.2 Å². The number of anilines is 1. The van der Waals surface area contributed by atoms with Gasteiger partial charge in [-0.25, -0.2) is 17.5 Å². The van der Waals surface area contributed by atoms with Crippen molar-refractivity contribution in [2.75, 3.05) is 5.73 Å². The van der Waals surface area contributed by atoms with E-state index in [4.69, 9.17) is 17.3 Å². The second-order valence-electron chi connectivity index (χ2n) is 4.08. The van der Waals surface area contributed by atoms with Crippen molar-refractivity contribution in [3.8, 4) is 0 Å². The summed E-state index contributed by atoms with van der Waals surface area (Å²) in [5.74, 6) is -0.576. The van der Waals surface area contributed by atoms with E-state index < -0.39 is 20.7 Å². The average Bonchev–Trinajstić information content (AvgIpc) is 2.67. The van der Waals surface area contributed by atoms with Gasteiger partial charge in [-0.15, -0.1) is 0 Å². The smallest absolute Gasteiger partial charge is 0.243 e. The van der Waals surface area contributed by atoms with Crippen molar-refractivity contribution in [2.45, 2.75) is 11.4 Å². The van der Waals surface area contributed by atoms with Gasteiger partial charge in [-0.1, -0.05) is 11.6 Å². The van der Waals surface area contributed by atoms with Crippen LogP contribution >= 0.6 is 11.6 Å². The highest BCUT2D eigenvalue weighted by molar-refractivity contribution is 7.89. The number of halogens is 2. The molecule has 1 aromatic carbocycles. The Hall–Kier alpha value is -1.64. The van der Waals surface area contributed by atoms with Crippen LogP contribution in [0.2, 0.25) is 5.02 Å². The normalized spacial score (nSPS) is 11.8. The maximum absolute atomic E-state index is 13.6. The highest BCUT2D eigenvalue weighted by Gasteiger charge is 2.19. The van der Waals surface area contributed by atoms with Gasteiger partial charge in [0.2, 0.25) is 10.0 Å². The first-order valence-corrected chi connectivity index (χ1v) is 7.38. The van der Waals surface area contributed by atoms with Crippen LogP contribution in [0.15, 0.2) is 29.3 Å². The Labute approximate surface area is 120 Å². The van der Waals surface area contributed by atoms with Crippen LogP contribution in [0.4, 0.5) is 10.2 Å². The summed E-state index contributed by atoms with van der Waals surface area (Å²) in [6, 6.07) is 3.35. The molecule has 0 aliphatic rings. The summed E-state index contributed by atoms with van der Waals surface area (Å²) in [5.41, 5.74) is 6.20. The van der Waals surface area contributed by atoms with Crippen molar-refractivity contribution in [3.63, 3.8) is 0 Å². The molecule has 1 aromatic heterocycles. The first-order chi connectivity index (χ1) is 9.31. The van der Waals surface area contributed by atoms with Gasteiger partial charge in [0.05, 0.1) is 6.20 Å². The van der Waals surface area contributed by atoms with Gasteiger partial charge in [0, 0.05) is 24.2 Å². The van der Waals surface area contributed by atoms with Crippen LogP contribution in [0.5, 0.6) is 0 Å².